The van der Waals surface area contributed by atoms with Gasteiger partial charge in [0.15, 0.2) is 17.5 Å². The lowest BCUT2D eigenvalue weighted by atomic mass is 9.98. The molecule has 11 aromatic carbocycles. The highest BCUT2D eigenvalue weighted by molar-refractivity contribution is 7.26. The molecule has 0 unspecified atom stereocenters. The quantitative estimate of drug-likeness (QED) is 0.159. The van der Waals surface area contributed by atoms with Crippen LogP contribution in [-0.4, -0.2) is 19.5 Å². The van der Waals surface area contributed by atoms with Crippen LogP contribution in [0, 0.1) is 0 Å². The van der Waals surface area contributed by atoms with Crippen molar-refractivity contribution in [3.8, 4) is 73.2 Å². The molecule has 0 fully saturated rings. The molecular weight excluding hydrogens is 949 g/mol. The molecular formula is C69H40N4O2S. The molecule has 0 aliphatic rings. The molecule has 76 heavy (non-hydrogen) atoms. The van der Waals surface area contributed by atoms with Gasteiger partial charge in [0.25, 0.3) is 0 Å². The van der Waals surface area contributed by atoms with Crippen molar-refractivity contribution in [3.05, 3.63) is 243 Å². The summed E-state index contributed by atoms with van der Waals surface area (Å²) in [6.45, 7) is 0. The number of para-hydroxylation sites is 3. The average molecular weight is 989 g/mol. The molecule has 7 heteroatoms. The normalized spacial score (nSPS) is 11.9. The Morgan fingerprint density at radius 3 is 1.78 bits per heavy atom. The van der Waals surface area contributed by atoms with E-state index in [1.54, 1.807) is 0 Å². The van der Waals surface area contributed by atoms with Crippen LogP contribution >= 0.6 is 11.3 Å². The number of nitrogens with zero attached hydrogens (tertiary/aromatic N) is 4. The highest BCUT2D eigenvalue weighted by Crippen LogP contribution is 2.45. The van der Waals surface area contributed by atoms with Crippen LogP contribution < -0.4 is 0 Å². The van der Waals surface area contributed by atoms with Crippen LogP contribution in [0.5, 0.6) is 0 Å². The predicted molar refractivity (Wildman–Crippen MR) is 314 cm³/mol. The first-order valence-corrected chi connectivity index (χ1v) is 26.3. The van der Waals surface area contributed by atoms with Crippen LogP contribution in [0.2, 0.25) is 0 Å². The highest BCUT2D eigenvalue weighted by atomic mass is 32.1. The van der Waals surface area contributed by atoms with Gasteiger partial charge in [-0.1, -0.05) is 170 Å². The van der Waals surface area contributed by atoms with Crippen LogP contribution in [0.25, 0.3) is 159 Å². The fourth-order valence-corrected chi connectivity index (χ4v) is 12.7. The molecule has 5 heterocycles. The van der Waals surface area contributed by atoms with E-state index >= 15 is 0 Å². The molecule has 0 aliphatic carbocycles. The summed E-state index contributed by atoms with van der Waals surface area (Å²) in [5.41, 5.74) is 16.2. The minimum Gasteiger partial charge on any atom is -0.456 e. The molecule has 0 N–H and O–H groups in total. The summed E-state index contributed by atoms with van der Waals surface area (Å²) in [7, 11) is 0. The van der Waals surface area contributed by atoms with E-state index < -0.39 is 0 Å². The second-order valence-electron chi connectivity index (χ2n) is 19.4. The minimum absolute atomic E-state index is 0.552. The molecule has 6 nitrogen and oxygen atoms in total. The van der Waals surface area contributed by atoms with E-state index in [1.165, 1.54) is 53.1 Å². The molecule has 0 radical (unpaired) electrons. The van der Waals surface area contributed by atoms with Gasteiger partial charge in [-0.15, -0.1) is 11.3 Å². The molecule has 0 atom stereocenters. The van der Waals surface area contributed by atoms with Gasteiger partial charge in [0.1, 0.15) is 22.3 Å². The molecule has 0 saturated carbocycles. The lowest BCUT2D eigenvalue weighted by Gasteiger charge is -2.09. The Morgan fingerprint density at radius 2 is 0.934 bits per heavy atom. The summed E-state index contributed by atoms with van der Waals surface area (Å²) in [6, 6.07) is 85.6. The maximum absolute atomic E-state index is 6.69. The first kappa shape index (κ1) is 42.5. The Labute approximate surface area is 439 Å². The van der Waals surface area contributed by atoms with Crippen LogP contribution in [0.1, 0.15) is 0 Å². The molecule has 16 aromatic rings. The summed E-state index contributed by atoms with van der Waals surface area (Å²) in [4.78, 5) is 15.6. The number of aromatic nitrogens is 4. The summed E-state index contributed by atoms with van der Waals surface area (Å²) < 4.78 is 18.2. The zero-order valence-corrected chi connectivity index (χ0v) is 41.4. The molecule has 0 saturated heterocycles. The summed E-state index contributed by atoms with van der Waals surface area (Å²) in [5, 5.41) is 9.02. The number of fused-ring (bicyclic) bond motifs is 12. The molecule has 5 aromatic heterocycles. The van der Waals surface area contributed by atoms with E-state index in [0.29, 0.717) is 17.5 Å². The van der Waals surface area contributed by atoms with Crippen molar-refractivity contribution in [2.45, 2.75) is 0 Å². The number of rotatable bonds is 7. The van der Waals surface area contributed by atoms with E-state index in [9.17, 15) is 0 Å². The fraction of sp³-hybridized carbons (Fsp3) is 0. The van der Waals surface area contributed by atoms with Crippen molar-refractivity contribution < 1.29 is 8.83 Å². The van der Waals surface area contributed by atoms with Crippen molar-refractivity contribution in [1.82, 2.24) is 19.5 Å². The van der Waals surface area contributed by atoms with Crippen LogP contribution in [-0.2, 0) is 0 Å². The summed E-state index contributed by atoms with van der Waals surface area (Å²) in [5.74, 6) is 1.69. The SMILES string of the molecule is c1ccc(-c2nc(-c3ccc4c(c3)oc3c(-c5ccccc5)cccc34)nc(-c3cccc4oc5ccc(-c6ccc7sc8c(-c9ccc%10c(c9)c9ccccc9n%10-c9ccccc9)cccc8c7c6)cc5c34)n2)cc1. The number of benzene rings is 11. The zero-order chi connectivity index (χ0) is 49.8. The number of hydrogen-bond acceptors (Lipinski definition) is 6. The van der Waals surface area contributed by atoms with Gasteiger partial charge in [-0.2, -0.15) is 0 Å². The number of thiophene rings is 1. The Hall–Kier alpha value is -9.95. The largest absolute Gasteiger partial charge is 0.456 e. The first-order chi connectivity index (χ1) is 37.6. The third-order valence-corrected chi connectivity index (χ3v) is 16.3. The van der Waals surface area contributed by atoms with Gasteiger partial charge >= 0.3 is 0 Å². The van der Waals surface area contributed by atoms with E-state index in [0.717, 1.165) is 88.5 Å². The van der Waals surface area contributed by atoms with E-state index in [2.05, 4.69) is 199 Å². The highest BCUT2D eigenvalue weighted by Gasteiger charge is 2.21. The third-order valence-electron chi connectivity index (χ3n) is 15.1. The van der Waals surface area contributed by atoms with Crippen molar-refractivity contribution in [2.24, 2.45) is 0 Å². The van der Waals surface area contributed by atoms with Gasteiger partial charge < -0.3 is 13.4 Å². The van der Waals surface area contributed by atoms with E-state index in [-0.39, 0.29) is 0 Å². The van der Waals surface area contributed by atoms with Crippen molar-refractivity contribution >= 4 is 97.2 Å². The summed E-state index contributed by atoms with van der Waals surface area (Å²) in [6.07, 6.45) is 0. The fourth-order valence-electron chi connectivity index (χ4n) is 11.5. The van der Waals surface area contributed by atoms with Crippen LogP contribution in [0.15, 0.2) is 251 Å². The molecule has 0 amide bonds. The predicted octanol–water partition coefficient (Wildman–Crippen LogP) is 19.1. The Kier molecular flexibility index (Phi) is 9.40. The van der Waals surface area contributed by atoms with Gasteiger partial charge in [0.2, 0.25) is 0 Å². The Morgan fingerprint density at radius 1 is 0.316 bits per heavy atom. The molecule has 0 spiro atoms. The molecule has 16 rings (SSSR count). The maximum Gasteiger partial charge on any atom is 0.164 e. The second kappa shape index (κ2) is 16.8. The molecule has 0 aliphatic heterocycles. The molecule has 0 bridgehead atoms. The Balaban J connectivity index is 0.804. The van der Waals surface area contributed by atoms with Crippen LogP contribution in [0.4, 0.5) is 0 Å². The Bertz CT molecular complexity index is 4990. The van der Waals surface area contributed by atoms with Gasteiger partial charge in [-0.25, -0.2) is 15.0 Å². The maximum atomic E-state index is 6.69. The smallest absolute Gasteiger partial charge is 0.164 e. The minimum atomic E-state index is 0.552. The standard InChI is InChI=1S/C69H40N4O2S/c1-4-15-41(16-5-1)48-22-12-24-52-51-33-29-46(40-62(51)75-65(48)52)68-70-67(42-17-6-2-7-18-42)71-69(72-68)54-26-14-28-61-64(54)57-38-43(31-35-60(57)74-61)44-32-36-63-56(37-44)53-25-13-23-49(66(53)76-63)45-30-34-59-55(39-45)50-21-10-11-27-58(50)73(59)47-19-8-3-9-20-47/h1-40H. The number of furan rings is 2. The second-order valence-corrected chi connectivity index (χ2v) is 20.5. The van der Waals surface area contributed by atoms with Crippen molar-refractivity contribution in [3.63, 3.8) is 0 Å². The molecule has 354 valence electrons. The monoisotopic (exact) mass is 988 g/mol. The third kappa shape index (κ3) is 6.69. The van der Waals surface area contributed by atoms with Crippen molar-refractivity contribution in [2.75, 3.05) is 0 Å². The number of hydrogen-bond donors (Lipinski definition) is 0. The van der Waals surface area contributed by atoms with Crippen LogP contribution in [0.3, 0.4) is 0 Å². The van der Waals surface area contributed by atoms with E-state index in [1.807, 2.05) is 59.9 Å². The summed E-state index contributed by atoms with van der Waals surface area (Å²) >= 11 is 1.86. The van der Waals surface area contributed by atoms with Gasteiger partial charge in [-0.3, -0.25) is 0 Å². The lowest BCUT2D eigenvalue weighted by molar-refractivity contribution is 0.669. The lowest BCUT2D eigenvalue weighted by Crippen LogP contribution is -2.00. The van der Waals surface area contributed by atoms with E-state index in [4.69, 9.17) is 23.8 Å². The van der Waals surface area contributed by atoms with Gasteiger partial charge in [0.05, 0.1) is 11.0 Å². The topological polar surface area (TPSA) is 69.9 Å². The average Bonchev–Trinajstić information content (AvgIpc) is 4.30. The van der Waals surface area contributed by atoms with Gasteiger partial charge in [-0.05, 0) is 101 Å². The van der Waals surface area contributed by atoms with Gasteiger partial charge in [0, 0.05) is 80.4 Å². The zero-order valence-electron chi connectivity index (χ0n) is 40.6. The first-order valence-electron chi connectivity index (χ1n) is 25.5. The van der Waals surface area contributed by atoms with Crippen molar-refractivity contribution in [1.29, 1.82) is 0 Å².